The number of rotatable bonds is 7. The van der Waals surface area contributed by atoms with Crippen LogP contribution in [0.2, 0.25) is 0 Å². The van der Waals surface area contributed by atoms with Gasteiger partial charge in [-0.05, 0) is 12.1 Å². The topological polar surface area (TPSA) is 96.5 Å². The van der Waals surface area contributed by atoms with E-state index >= 15 is 0 Å². The second-order valence-electron chi connectivity index (χ2n) is 4.20. The largest absolute Gasteiger partial charge is 0.383 e. The smallest absolute Gasteiger partial charge is 0.273 e. The fourth-order valence-electron chi connectivity index (χ4n) is 1.30. The molecule has 1 aromatic rings. The molecule has 0 aliphatic carbocycles. The van der Waals surface area contributed by atoms with Crippen LogP contribution in [0.25, 0.3) is 0 Å². The van der Waals surface area contributed by atoms with E-state index in [1.54, 1.807) is 33.3 Å². The fraction of sp³-hybridized carbons (Fsp3) is 0.500. The van der Waals surface area contributed by atoms with Gasteiger partial charge in [-0.1, -0.05) is 0 Å². The average Bonchev–Trinajstić information content (AvgIpc) is 2.45. The van der Waals surface area contributed by atoms with Crippen molar-refractivity contribution in [2.24, 2.45) is 0 Å². The van der Waals surface area contributed by atoms with Crippen LogP contribution in [-0.4, -0.2) is 67.8 Å². The average molecular weight is 281 g/mol. The molecule has 0 aliphatic rings. The van der Waals surface area contributed by atoms with Gasteiger partial charge in [0, 0.05) is 27.7 Å². The molecule has 0 aliphatic heterocycles. The normalized spacial score (nSPS) is 9.95. The first-order chi connectivity index (χ1) is 9.54. The summed E-state index contributed by atoms with van der Waals surface area (Å²) in [7, 11) is 4.84. The molecule has 2 amide bonds. The molecular weight excluding hydrogens is 262 g/mol. The van der Waals surface area contributed by atoms with Crippen LogP contribution in [-0.2, 0) is 9.53 Å². The lowest BCUT2D eigenvalue weighted by molar-refractivity contribution is -0.119. The van der Waals surface area contributed by atoms with Gasteiger partial charge in [0.05, 0.1) is 13.2 Å². The van der Waals surface area contributed by atoms with Crippen LogP contribution >= 0.6 is 0 Å². The van der Waals surface area contributed by atoms with Crippen LogP contribution in [0.3, 0.4) is 0 Å². The van der Waals surface area contributed by atoms with Gasteiger partial charge in [-0.3, -0.25) is 9.59 Å². The summed E-state index contributed by atoms with van der Waals surface area (Å²) < 4.78 is 4.82. The quantitative estimate of drug-likeness (QED) is 0.645. The molecule has 0 saturated carbocycles. The number of amides is 2. The predicted molar refractivity (Wildman–Crippen MR) is 73.4 cm³/mol. The molecule has 1 rings (SSSR count). The number of carbonyl (C=O) groups excluding carboxylic acids is 2. The zero-order valence-electron chi connectivity index (χ0n) is 11.8. The molecule has 0 unspecified atom stereocenters. The molecule has 8 nitrogen and oxygen atoms in total. The number of hydrogen-bond acceptors (Lipinski definition) is 6. The molecule has 110 valence electrons. The van der Waals surface area contributed by atoms with E-state index in [1.165, 1.54) is 4.90 Å². The van der Waals surface area contributed by atoms with Gasteiger partial charge in [0.25, 0.3) is 5.91 Å². The summed E-state index contributed by atoms with van der Waals surface area (Å²) in [6, 6.07) is 3.16. The van der Waals surface area contributed by atoms with Gasteiger partial charge in [0.15, 0.2) is 5.69 Å². The number of nitrogens with one attached hydrogen (secondary N) is 2. The summed E-state index contributed by atoms with van der Waals surface area (Å²) in [6.45, 7) is 1.01. The lowest BCUT2D eigenvalue weighted by Gasteiger charge is -2.09. The minimum absolute atomic E-state index is 0.0827. The van der Waals surface area contributed by atoms with Crippen LogP contribution in [0.4, 0.5) is 5.82 Å². The van der Waals surface area contributed by atoms with E-state index in [9.17, 15) is 9.59 Å². The van der Waals surface area contributed by atoms with E-state index in [0.29, 0.717) is 19.0 Å². The molecule has 0 aromatic carbocycles. The molecule has 0 spiro atoms. The summed E-state index contributed by atoms with van der Waals surface area (Å²) in [5.74, 6) is 0.0425. The van der Waals surface area contributed by atoms with E-state index in [1.807, 2.05) is 0 Å². The van der Waals surface area contributed by atoms with Gasteiger partial charge < -0.3 is 20.3 Å². The molecule has 0 saturated heterocycles. The number of methoxy groups -OCH3 is 1. The predicted octanol–water partition coefficient (Wildman–Crippen LogP) is -0.647. The zero-order valence-corrected chi connectivity index (χ0v) is 11.8. The molecule has 0 fully saturated rings. The highest BCUT2D eigenvalue weighted by molar-refractivity contribution is 5.91. The van der Waals surface area contributed by atoms with Crippen molar-refractivity contribution in [2.45, 2.75) is 0 Å². The maximum Gasteiger partial charge on any atom is 0.273 e. The fourth-order valence-corrected chi connectivity index (χ4v) is 1.30. The van der Waals surface area contributed by atoms with Gasteiger partial charge in [-0.25, -0.2) is 0 Å². The van der Waals surface area contributed by atoms with Crippen molar-refractivity contribution in [3.63, 3.8) is 0 Å². The number of ether oxygens (including phenoxy) is 1. The van der Waals surface area contributed by atoms with Crippen LogP contribution < -0.4 is 10.6 Å². The summed E-state index contributed by atoms with van der Waals surface area (Å²) >= 11 is 0. The molecule has 0 bridgehead atoms. The first-order valence-electron chi connectivity index (χ1n) is 6.09. The second-order valence-corrected chi connectivity index (χ2v) is 4.20. The van der Waals surface area contributed by atoms with Crippen LogP contribution in [0.1, 0.15) is 10.5 Å². The standard InChI is InChI=1S/C12H19N5O3/c1-17(2)12(19)9-4-5-10(16-15-9)14-8-11(18)13-6-7-20-3/h4-5H,6-8H2,1-3H3,(H,13,18)(H,14,16). The molecule has 1 heterocycles. The molecule has 0 atom stereocenters. The summed E-state index contributed by atoms with van der Waals surface area (Å²) in [6.07, 6.45) is 0. The Morgan fingerprint density at radius 1 is 1.30 bits per heavy atom. The Balaban J connectivity index is 2.42. The van der Waals surface area contributed by atoms with Gasteiger partial charge in [0.1, 0.15) is 5.82 Å². The minimum Gasteiger partial charge on any atom is -0.383 e. The lowest BCUT2D eigenvalue weighted by Crippen LogP contribution is -2.32. The highest BCUT2D eigenvalue weighted by atomic mass is 16.5. The van der Waals surface area contributed by atoms with E-state index < -0.39 is 0 Å². The minimum atomic E-state index is -0.221. The van der Waals surface area contributed by atoms with E-state index in [4.69, 9.17) is 4.74 Å². The highest BCUT2D eigenvalue weighted by Crippen LogP contribution is 2.03. The molecule has 8 heteroatoms. The molecular formula is C12H19N5O3. The Bertz CT molecular complexity index is 447. The van der Waals surface area contributed by atoms with Crippen molar-refractivity contribution >= 4 is 17.6 Å². The Kier molecular flexibility index (Phi) is 6.38. The third-order valence-corrected chi connectivity index (χ3v) is 2.35. The van der Waals surface area contributed by atoms with Crippen molar-refractivity contribution in [1.29, 1.82) is 0 Å². The Labute approximate surface area is 117 Å². The highest BCUT2D eigenvalue weighted by Gasteiger charge is 2.10. The number of anilines is 1. The molecule has 1 aromatic heterocycles. The number of nitrogens with zero attached hydrogens (tertiary/aromatic N) is 3. The van der Waals surface area contributed by atoms with Crippen molar-refractivity contribution in [2.75, 3.05) is 46.2 Å². The van der Waals surface area contributed by atoms with E-state index in [0.717, 1.165) is 0 Å². The Hall–Kier alpha value is -2.22. The van der Waals surface area contributed by atoms with Crippen molar-refractivity contribution in [3.05, 3.63) is 17.8 Å². The summed E-state index contributed by atoms with van der Waals surface area (Å²) in [5, 5.41) is 13.1. The third-order valence-electron chi connectivity index (χ3n) is 2.35. The van der Waals surface area contributed by atoms with Gasteiger partial charge in [0.2, 0.25) is 5.91 Å². The SMILES string of the molecule is COCCNC(=O)CNc1ccc(C(=O)N(C)C)nn1. The summed E-state index contributed by atoms with van der Waals surface area (Å²) in [5.41, 5.74) is 0.255. The van der Waals surface area contributed by atoms with Gasteiger partial charge >= 0.3 is 0 Å². The van der Waals surface area contributed by atoms with Gasteiger partial charge in [-0.2, -0.15) is 0 Å². The lowest BCUT2D eigenvalue weighted by atomic mass is 10.3. The number of carbonyl (C=O) groups is 2. The van der Waals surface area contributed by atoms with E-state index in [-0.39, 0.29) is 24.1 Å². The molecule has 2 N–H and O–H groups in total. The summed E-state index contributed by atoms with van der Waals surface area (Å²) in [4.78, 5) is 24.4. The van der Waals surface area contributed by atoms with Crippen molar-refractivity contribution < 1.29 is 14.3 Å². The Morgan fingerprint density at radius 2 is 2.05 bits per heavy atom. The van der Waals surface area contributed by atoms with Crippen LogP contribution in [0.5, 0.6) is 0 Å². The van der Waals surface area contributed by atoms with E-state index in [2.05, 4.69) is 20.8 Å². The monoisotopic (exact) mass is 281 g/mol. The van der Waals surface area contributed by atoms with Gasteiger partial charge in [-0.15, -0.1) is 10.2 Å². The number of aromatic nitrogens is 2. The van der Waals surface area contributed by atoms with Crippen molar-refractivity contribution in [3.8, 4) is 0 Å². The second kappa shape index (κ2) is 8.05. The molecule has 20 heavy (non-hydrogen) atoms. The van der Waals surface area contributed by atoms with Crippen molar-refractivity contribution in [1.82, 2.24) is 20.4 Å². The van der Waals surface area contributed by atoms with Crippen LogP contribution in [0.15, 0.2) is 12.1 Å². The third kappa shape index (κ3) is 5.19. The number of hydrogen-bond donors (Lipinski definition) is 2. The first kappa shape index (κ1) is 15.8. The molecule has 0 radical (unpaired) electrons. The maximum absolute atomic E-state index is 11.6. The maximum atomic E-state index is 11.6. The van der Waals surface area contributed by atoms with Crippen LogP contribution in [0, 0.1) is 0 Å². The zero-order chi connectivity index (χ0) is 15.0. The first-order valence-corrected chi connectivity index (χ1v) is 6.09. The Morgan fingerprint density at radius 3 is 2.60 bits per heavy atom.